The number of aryl methyl sites for hydroxylation is 1. The van der Waals surface area contributed by atoms with Gasteiger partial charge in [0.15, 0.2) is 0 Å². The molecule has 3 heterocycles. The van der Waals surface area contributed by atoms with Crippen LogP contribution in [-0.4, -0.2) is 64.6 Å². The Labute approximate surface area is 159 Å². The molecule has 27 heavy (non-hydrogen) atoms. The first-order valence-electron chi connectivity index (χ1n) is 9.68. The van der Waals surface area contributed by atoms with Crippen LogP contribution >= 0.6 is 0 Å². The fourth-order valence-electron chi connectivity index (χ4n) is 4.43. The fraction of sp³-hybridized carbons (Fsp3) is 0.524. The summed E-state index contributed by atoms with van der Waals surface area (Å²) in [6, 6.07) is 8.20. The lowest BCUT2D eigenvalue weighted by Gasteiger charge is -2.47. The molecule has 1 aromatic heterocycles. The zero-order chi connectivity index (χ0) is 19.0. The van der Waals surface area contributed by atoms with Gasteiger partial charge in [-0.25, -0.2) is 0 Å². The van der Waals surface area contributed by atoms with Crippen molar-refractivity contribution in [1.82, 2.24) is 14.4 Å². The predicted molar refractivity (Wildman–Crippen MR) is 103 cm³/mol. The molecule has 0 N–H and O–H groups in total. The molecule has 2 saturated heterocycles. The first-order chi connectivity index (χ1) is 13.0. The lowest BCUT2D eigenvalue weighted by Crippen LogP contribution is -2.58. The SMILES string of the molecule is CC(=O)N1CCC2(CC1)CN(C(=O)Cc1cn(C)c3ccccc13)CCO2. The number of hydrogen-bond donors (Lipinski definition) is 0. The molecule has 144 valence electrons. The molecule has 0 radical (unpaired) electrons. The first-order valence-corrected chi connectivity index (χ1v) is 9.68. The number of ether oxygens (including phenoxy) is 1. The van der Waals surface area contributed by atoms with Crippen molar-refractivity contribution in [1.29, 1.82) is 0 Å². The molecule has 2 fully saturated rings. The van der Waals surface area contributed by atoms with Crippen LogP contribution in [0.25, 0.3) is 10.9 Å². The molecule has 1 aromatic carbocycles. The molecule has 6 nitrogen and oxygen atoms in total. The highest BCUT2D eigenvalue weighted by molar-refractivity contribution is 5.89. The summed E-state index contributed by atoms with van der Waals surface area (Å²) in [5.41, 5.74) is 1.93. The van der Waals surface area contributed by atoms with Gasteiger partial charge in [-0.1, -0.05) is 18.2 Å². The van der Waals surface area contributed by atoms with Crippen molar-refractivity contribution in [2.45, 2.75) is 31.8 Å². The van der Waals surface area contributed by atoms with Crippen LogP contribution in [0, 0.1) is 0 Å². The number of carbonyl (C=O) groups excluding carboxylic acids is 2. The van der Waals surface area contributed by atoms with Crippen LogP contribution in [0.2, 0.25) is 0 Å². The minimum absolute atomic E-state index is 0.115. The van der Waals surface area contributed by atoms with E-state index in [1.165, 1.54) is 0 Å². The average Bonchev–Trinajstić information content (AvgIpc) is 2.98. The lowest BCUT2D eigenvalue weighted by molar-refractivity contribution is -0.162. The maximum atomic E-state index is 13.0. The third-order valence-electron chi connectivity index (χ3n) is 6.04. The number of hydrogen-bond acceptors (Lipinski definition) is 3. The average molecular weight is 369 g/mol. The van der Waals surface area contributed by atoms with E-state index in [1.54, 1.807) is 6.92 Å². The van der Waals surface area contributed by atoms with Gasteiger partial charge in [0.2, 0.25) is 11.8 Å². The first kappa shape index (κ1) is 18.0. The molecule has 2 aliphatic rings. The maximum Gasteiger partial charge on any atom is 0.227 e. The number of piperidine rings is 1. The van der Waals surface area contributed by atoms with E-state index in [9.17, 15) is 9.59 Å². The van der Waals surface area contributed by atoms with Crippen LogP contribution in [0.15, 0.2) is 30.5 Å². The number of benzene rings is 1. The summed E-state index contributed by atoms with van der Waals surface area (Å²) < 4.78 is 8.18. The molecule has 0 atom stereocenters. The smallest absolute Gasteiger partial charge is 0.227 e. The third-order valence-corrected chi connectivity index (χ3v) is 6.04. The molecular weight excluding hydrogens is 342 g/mol. The van der Waals surface area contributed by atoms with Gasteiger partial charge >= 0.3 is 0 Å². The number of fused-ring (bicyclic) bond motifs is 1. The Morgan fingerprint density at radius 3 is 2.59 bits per heavy atom. The van der Waals surface area contributed by atoms with Crippen molar-refractivity contribution in [3.8, 4) is 0 Å². The zero-order valence-electron chi connectivity index (χ0n) is 16.1. The van der Waals surface area contributed by atoms with E-state index in [-0.39, 0.29) is 17.4 Å². The molecule has 0 bridgehead atoms. The highest BCUT2D eigenvalue weighted by Crippen LogP contribution is 2.31. The third kappa shape index (κ3) is 3.46. The van der Waals surface area contributed by atoms with Gasteiger partial charge in [0.1, 0.15) is 0 Å². The van der Waals surface area contributed by atoms with Gasteiger partial charge in [0, 0.05) is 57.3 Å². The molecule has 0 aliphatic carbocycles. The van der Waals surface area contributed by atoms with Crippen LogP contribution in [0.5, 0.6) is 0 Å². The summed E-state index contributed by atoms with van der Waals surface area (Å²) in [6.07, 6.45) is 4.07. The molecule has 6 heteroatoms. The summed E-state index contributed by atoms with van der Waals surface area (Å²) in [5, 5.41) is 1.14. The van der Waals surface area contributed by atoms with E-state index in [0.29, 0.717) is 39.2 Å². The number of likely N-dealkylation sites (tertiary alicyclic amines) is 1. The number of morpholine rings is 1. The lowest BCUT2D eigenvalue weighted by atomic mass is 9.89. The topological polar surface area (TPSA) is 54.8 Å². The maximum absolute atomic E-state index is 13.0. The van der Waals surface area contributed by atoms with Crippen LogP contribution in [0.3, 0.4) is 0 Å². The van der Waals surface area contributed by atoms with Crippen molar-refractivity contribution in [3.05, 3.63) is 36.0 Å². The second kappa shape index (κ2) is 7.00. The van der Waals surface area contributed by atoms with Gasteiger partial charge in [-0.3, -0.25) is 9.59 Å². The highest BCUT2D eigenvalue weighted by Gasteiger charge is 2.41. The van der Waals surface area contributed by atoms with Crippen molar-refractivity contribution in [2.75, 3.05) is 32.8 Å². The summed E-state index contributed by atoms with van der Waals surface area (Å²) in [4.78, 5) is 28.4. The fourth-order valence-corrected chi connectivity index (χ4v) is 4.43. The van der Waals surface area contributed by atoms with Gasteiger partial charge in [-0.2, -0.15) is 0 Å². The summed E-state index contributed by atoms with van der Waals surface area (Å²) in [7, 11) is 2.02. The van der Waals surface area contributed by atoms with Gasteiger partial charge in [0.05, 0.1) is 18.6 Å². The van der Waals surface area contributed by atoms with Gasteiger partial charge in [-0.05, 0) is 24.5 Å². The summed E-state index contributed by atoms with van der Waals surface area (Å²) in [6.45, 7) is 4.87. The van der Waals surface area contributed by atoms with Crippen molar-refractivity contribution in [3.63, 3.8) is 0 Å². The van der Waals surface area contributed by atoms with E-state index >= 15 is 0 Å². The standard InChI is InChI=1S/C21H27N3O3/c1-16(25)23-9-7-21(8-10-23)15-24(11-12-27-21)20(26)13-17-14-22(2)19-6-4-3-5-18(17)19/h3-6,14H,7-13,15H2,1-2H3. The molecule has 2 aromatic rings. The largest absolute Gasteiger partial charge is 0.371 e. The van der Waals surface area contributed by atoms with Crippen molar-refractivity contribution in [2.24, 2.45) is 7.05 Å². The molecule has 0 saturated carbocycles. The minimum atomic E-state index is -0.293. The van der Waals surface area contributed by atoms with Crippen LogP contribution in [-0.2, 0) is 27.8 Å². The van der Waals surface area contributed by atoms with Gasteiger partial charge in [-0.15, -0.1) is 0 Å². The number of rotatable bonds is 2. The zero-order valence-corrected chi connectivity index (χ0v) is 16.1. The van der Waals surface area contributed by atoms with E-state index in [1.807, 2.05) is 29.0 Å². The Kier molecular flexibility index (Phi) is 4.68. The molecule has 2 aliphatic heterocycles. The van der Waals surface area contributed by atoms with Crippen molar-refractivity contribution < 1.29 is 14.3 Å². The van der Waals surface area contributed by atoms with E-state index in [2.05, 4.69) is 22.9 Å². The highest BCUT2D eigenvalue weighted by atomic mass is 16.5. The number of para-hydroxylation sites is 1. The summed E-state index contributed by atoms with van der Waals surface area (Å²) in [5.74, 6) is 0.271. The predicted octanol–water partition coefficient (Wildman–Crippen LogP) is 1.96. The van der Waals surface area contributed by atoms with Gasteiger partial charge in [0.25, 0.3) is 0 Å². The Morgan fingerprint density at radius 1 is 1.11 bits per heavy atom. The quantitative estimate of drug-likeness (QED) is 0.813. The second-order valence-electron chi connectivity index (χ2n) is 7.81. The molecule has 4 rings (SSSR count). The molecule has 2 amide bonds. The van der Waals surface area contributed by atoms with Crippen LogP contribution in [0.1, 0.15) is 25.3 Å². The normalized spacial score (nSPS) is 19.6. The monoisotopic (exact) mass is 369 g/mol. The molecular formula is C21H27N3O3. The van der Waals surface area contributed by atoms with E-state index in [0.717, 1.165) is 29.3 Å². The Hall–Kier alpha value is -2.34. The number of nitrogens with zero attached hydrogens (tertiary/aromatic N) is 3. The van der Waals surface area contributed by atoms with Crippen LogP contribution < -0.4 is 0 Å². The van der Waals surface area contributed by atoms with E-state index < -0.39 is 0 Å². The second-order valence-corrected chi connectivity index (χ2v) is 7.81. The minimum Gasteiger partial charge on any atom is -0.371 e. The molecule has 1 spiro atoms. The Bertz CT molecular complexity index is 865. The number of aromatic nitrogens is 1. The number of amides is 2. The van der Waals surface area contributed by atoms with Gasteiger partial charge < -0.3 is 19.1 Å². The molecule has 0 unspecified atom stereocenters. The summed E-state index contributed by atoms with van der Waals surface area (Å²) >= 11 is 0. The Balaban J connectivity index is 1.45. The van der Waals surface area contributed by atoms with Crippen LogP contribution in [0.4, 0.5) is 0 Å². The van der Waals surface area contributed by atoms with Crippen molar-refractivity contribution >= 4 is 22.7 Å². The Morgan fingerprint density at radius 2 is 1.85 bits per heavy atom. The number of carbonyl (C=O) groups is 2. The van der Waals surface area contributed by atoms with E-state index in [4.69, 9.17) is 4.74 Å².